The standard InChI is InChI=1S/C18H19N5O/c1-13-7-3-4-8-14(13)11-19-18-22-17(12-20-23-18)21-15-9-5-6-10-16(15)24-2/h3-10,12H,11H2,1-2H3,(H2,19,21,22,23). The van der Waals surface area contributed by atoms with E-state index in [4.69, 9.17) is 4.74 Å². The topological polar surface area (TPSA) is 72.0 Å². The molecular formula is C18H19N5O. The Kier molecular flexibility index (Phi) is 4.86. The lowest BCUT2D eigenvalue weighted by atomic mass is 10.1. The number of hydrogen-bond acceptors (Lipinski definition) is 6. The molecule has 2 aromatic carbocycles. The molecule has 0 spiro atoms. The van der Waals surface area contributed by atoms with Crippen LogP contribution in [0.25, 0.3) is 0 Å². The molecule has 0 aliphatic carbocycles. The fourth-order valence-corrected chi connectivity index (χ4v) is 2.31. The molecule has 0 amide bonds. The number of methoxy groups -OCH3 is 1. The number of para-hydroxylation sites is 2. The van der Waals surface area contributed by atoms with Crippen molar-refractivity contribution in [2.45, 2.75) is 13.5 Å². The minimum absolute atomic E-state index is 0.471. The van der Waals surface area contributed by atoms with Gasteiger partial charge < -0.3 is 15.4 Å². The van der Waals surface area contributed by atoms with Crippen molar-refractivity contribution in [1.82, 2.24) is 15.2 Å². The third-order valence-electron chi connectivity index (χ3n) is 3.63. The SMILES string of the molecule is COc1ccccc1Nc1cnnc(NCc2ccccc2C)n1. The Labute approximate surface area is 140 Å². The summed E-state index contributed by atoms with van der Waals surface area (Å²) in [5, 5.41) is 14.4. The highest BCUT2D eigenvalue weighted by Crippen LogP contribution is 2.26. The second kappa shape index (κ2) is 7.41. The number of rotatable bonds is 6. The van der Waals surface area contributed by atoms with Gasteiger partial charge in [0, 0.05) is 6.54 Å². The first kappa shape index (κ1) is 15.7. The fourth-order valence-electron chi connectivity index (χ4n) is 2.31. The highest BCUT2D eigenvalue weighted by atomic mass is 16.5. The molecule has 0 fully saturated rings. The van der Waals surface area contributed by atoms with Gasteiger partial charge in [-0.1, -0.05) is 36.4 Å². The van der Waals surface area contributed by atoms with Crippen molar-refractivity contribution in [2.75, 3.05) is 17.7 Å². The Morgan fingerprint density at radius 2 is 1.83 bits per heavy atom. The average Bonchev–Trinajstić information content (AvgIpc) is 2.62. The molecule has 2 N–H and O–H groups in total. The lowest BCUT2D eigenvalue weighted by molar-refractivity contribution is 0.417. The molecule has 0 unspecified atom stereocenters. The molecule has 0 saturated heterocycles. The highest BCUT2D eigenvalue weighted by molar-refractivity contribution is 5.63. The van der Waals surface area contributed by atoms with Gasteiger partial charge in [0.25, 0.3) is 0 Å². The Hall–Kier alpha value is -3.15. The summed E-state index contributed by atoms with van der Waals surface area (Å²) in [6.07, 6.45) is 1.57. The Balaban J connectivity index is 1.71. The smallest absolute Gasteiger partial charge is 0.244 e. The third kappa shape index (κ3) is 3.78. The van der Waals surface area contributed by atoms with E-state index < -0.39 is 0 Å². The summed E-state index contributed by atoms with van der Waals surface area (Å²) in [6.45, 7) is 2.72. The number of ether oxygens (including phenoxy) is 1. The van der Waals surface area contributed by atoms with Crippen LogP contribution < -0.4 is 15.4 Å². The van der Waals surface area contributed by atoms with Gasteiger partial charge in [-0.25, -0.2) is 0 Å². The zero-order valence-electron chi connectivity index (χ0n) is 13.7. The summed E-state index contributed by atoms with van der Waals surface area (Å²) in [5.74, 6) is 1.81. The van der Waals surface area contributed by atoms with Gasteiger partial charge in [0.15, 0.2) is 5.82 Å². The molecule has 0 saturated carbocycles. The van der Waals surface area contributed by atoms with Gasteiger partial charge >= 0.3 is 0 Å². The van der Waals surface area contributed by atoms with Crippen LogP contribution in [0.5, 0.6) is 5.75 Å². The summed E-state index contributed by atoms with van der Waals surface area (Å²) in [5.41, 5.74) is 3.25. The molecule has 6 heteroatoms. The Bertz CT molecular complexity index is 822. The van der Waals surface area contributed by atoms with Crippen LogP contribution in [0.4, 0.5) is 17.5 Å². The summed E-state index contributed by atoms with van der Waals surface area (Å²) < 4.78 is 5.32. The minimum atomic E-state index is 0.471. The van der Waals surface area contributed by atoms with Gasteiger partial charge in [-0.05, 0) is 30.2 Å². The second-order valence-corrected chi connectivity index (χ2v) is 5.27. The number of benzene rings is 2. The first-order chi connectivity index (χ1) is 11.8. The molecule has 0 aliphatic rings. The van der Waals surface area contributed by atoms with Crippen molar-refractivity contribution in [1.29, 1.82) is 0 Å². The Morgan fingerprint density at radius 3 is 2.67 bits per heavy atom. The lowest BCUT2D eigenvalue weighted by Crippen LogP contribution is -2.07. The van der Waals surface area contributed by atoms with E-state index in [9.17, 15) is 0 Å². The van der Waals surface area contributed by atoms with E-state index in [0.717, 1.165) is 11.4 Å². The van der Waals surface area contributed by atoms with Crippen molar-refractivity contribution in [3.05, 3.63) is 65.9 Å². The average molecular weight is 321 g/mol. The van der Waals surface area contributed by atoms with E-state index in [-0.39, 0.29) is 0 Å². The zero-order chi connectivity index (χ0) is 16.8. The first-order valence-corrected chi connectivity index (χ1v) is 7.64. The third-order valence-corrected chi connectivity index (χ3v) is 3.63. The molecule has 122 valence electrons. The van der Waals surface area contributed by atoms with E-state index in [1.807, 2.05) is 36.4 Å². The van der Waals surface area contributed by atoms with E-state index in [0.29, 0.717) is 18.3 Å². The first-order valence-electron chi connectivity index (χ1n) is 7.64. The normalized spacial score (nSPS) is 10.2. The van der Waals surface area contributed by atoms with Crippen LogP contribution in [0.3, 0.4) is 0 Å². The van der Waals surface area contributed by atoms with E-state index >= 15 is 0 Å². The van der Waals surface area contributed by atoms with Crippen molar-refractivity contribution in [3.63, 3.8) is 0 Å². The number of nitrogens with zero attached hydrogens (tertiary/aromatic N) is 3. The monoisotopic (exact) mass is 321 g/mol. The van der Waals surface area contributed by atoms with E-state index in [1.165, 1.54) is 11.1 Å². The molecular weight excluding hydrogens is 302 g/mol. The second-order valence-electron chi connectivity index (χ2n) is 5.27. The quantitative estimate of drug-likeness (QED) is 0.723. The van der Waals surface area contributed by atoms with Crippen LogP contribution in [0.15, 0.2) is 54.7 Å². The molecule has 0 atom stereocenters. The van der Waals surface area contributed by atoms with Gasteiger partial charge in [0.2, 0.25) is 5.95 Å². The van der Waals surface area contributed by atoms with Crippen molar-refractivity contribution in [2.24, 2.45) is 0 Å². The zero-order valence-corrected chi connectivity index (χ0v) is 13.7. The van der Waals surface area contributed by atoms with Crippen LogP contribution >= 0.6 is 0 Å². The van der Waals surface area contributed by atoms with Gasteiger partial charge in [0.1, 0.15) is 5.75 Å². The van der Waals surface area contributed by atoms with E-state index in [2.05, 4.69) is 44.9 Å². The van der Waals surface area contributed by atoms with E-state index in [1.54, 1.807) is 13.3 Å². The van der Waals surface area contributed by atoms with Crippen LogP contribution in [0.2, 0.25) is 0 Å². The van der Waals surface area contributed by atoms with Crippen LogP contribution in [0, 0.1) is 6.92 Å². The van der Waals surface area contributed by atoms with Crippen molar-refractivity contribution < 1.29 is 4.74 Å². The largest absolute Gasteiger partial charge is 0.495 e. The summed E-state index contributed by atoms with van der Waals surface area (Å²) in [7, 11) is 1.63. The maximum Gasteiger partial charge on any atom is 0.244 e. The van der Waals surface area contributed by atoms with Gasteiger partial charge in [-0.2, -0.15) is 10.1 Å². The maximum atomic E-state index is 5.32. The molecule has 0 aliphatic heterocycles. The highest BCUT2D eigenvalue weighted by Gasteiger charge is 2.05. The van der Waals surface area contributed by atoms with Crippen molar-refractivity contribution >= 4 is 17.5 Å². The minimum Gasteiger partial charge on any atom is -0.495 e. The number of aromatic nitrogens is 3. The van der Waals surface area contributed by atoms with Gasteiger partial charge in [-0.3, -0.25) is 0 Å². The molecule has 0 radical (unpaired) electrons. The molecule has 1 heterocycles. The molecule has 24 heavy (non-hydrogen) atoms. The predicted molar refractivity (Wildman–Crippen MR) is 94.6 cm³/mol. The van der Waals surface area contributed by atoms with Crippen LogP contribution in [-0.4, -0.2) is 22.3 Å². The van der Waals surface area contributed by atoms with Crippen LogP contribution in [-0.2, 0) is 6.54 Å². The molecule has 1 aromatic heterocycles. The predicted octanol–water partition coefficient (Wildman–Crippen LogP) is 3.54. The fraction of sp³-hybridized carbons (Fsp3) is 0.167. The Morgan fingerprint density at radius 1 is 1.04 bits per heavy atom. The molecule has 6 nitrogen and oxygen atoms in total. The number of nitrogens with one attached hydrogen (secondary N) is 2. The molecule has 3 rings (SSSR count). The van der Waals surface area contributed by atoms with Crippen molar-refractivity contribution in [3.8, 4) is 5.75 Å². The summed E-state index contributed by atoms with van der Waals surface area (Å²) >= 11 is 0. The lowest BCUT2D eigenvalue weighted by Gasteiger charge is -2.11. The summed E-state index contributed by atoms with van der Waals surface area (Å²) in [4.78, 5) is 4.44. The van der Waals surface area contributed by atoms with Crippen LogP contribution in [0.1, 0.15) is 11.1 Å². The summed E-state index contributed by atoms with van der Waals surface area (Å²) in [6, 6.07) is 15.8. The number of aryl methyl sites for hydroxylation is 1. The maximum absolute atomic E-state index is 5.32. The van der Waals surface area contributed by atoms with Gasteiger partial charge in [0.05, 0.1) is 19.0 Å². The molecule has 3 aromatic rings. The number of anilines is 3. The van der Waals surface area contributed by atoms with Gasteiger partial charge in [-0.15, -0.1) is 5.10 Å². The molecule has 0 bridgehead atoms. The number of hydrogen-bond donors (Lipinski definition) is 2.